The molecule has 146 valence electrons. The van der Waals surface area contributed by atoms with E-state index in [0.717, 1.165) is 38.8 Å². The molecule has 3 aliphatic rings. The van der Waals surface area contributed by atoms with E-state index >= 15 is 0 Å². The van der Waals surface area contributed by atoms with E-state index in [1.54, 1.807) is 17.0 Å². The van der Waals surface area contributed by atoms with Gasteiger partial charge in [-0.3, -0.25) is 4.79 Å². The first-order chi connectivity index (χ1) is 13.1. The van der Waals surface area contributed by atoms with Crippen molar-refractivity contribution in [3.05, 3.63) is 30.1 Å². The minimum absolute atomic E-state index is 0.176. The van der Waals surface area contributed by atoms with E-state index in [1.165, 1.54) is 12.1 Å². The van der Waals surface area contributed by atoms with Crippen molar-refractivity contribution in [1.82, 2.24) is 9.80 Å². The zero-order chi connectivity index (χ0) is 18.9. The quantitative estimate of drug-likeness (QED) is 0.865. The van der Waals surface area contributed by atoms with E-state index in [4.69, 9.17) is 4.74 Å². The molecule has 3 aliphatic heterocycles. The molecule has 3 amide bonds. The number of anilines is 1. The van der Waals surface area contributed by atoms with Gasteiger partial charge < -0.3 is 19.9 Å². The first-order valence-corrected chi connectivity index (χ1v) is 9.75. The summed E-state index contributed by atoms with van der Waals surface area (Å²) in [6.07, 6.45) is 3.69. The molecule has 27 heavy (non-hydrogen) atoms. The fourth-order valence-electron chi connectivity index (χ4n) is 4.67. The van der Waals surface area contributed by atoms with Gasteiger partial charge in [0.25, 0.3) is 0 Å². The summed E-state index contributed by atoms with van der Waals surface area (Å²) < 4.78 is 18.9. The number of halogens is 1. The molecule has 1 N–H and O–H groups in total. The van der Waals surface area contributed by atoms with E-state index < -0.39 is 5.82 Å². The van der Waals surface area contributed by atoms with Crippen molar-refractivity contribution in [1.29, 1.82) is 0 Å². The average molecular weight is 375 g/mol. The first-order valence-electron chi connectivity index (χ1n) is 9.75. The van der Waals surface area contributed by atoms with E-state index in [2.05, 4.69) is 5.32 Å². The number of hydrogen-bond acceptors (Lipinski definition) is 3. The van der Waals surface area contributed by atoms with E-state index in [9.17, 15) is 14.0 Å². The maximum Gasteiger partial charge on any atom is 0.321 e. The molecule has 1 aromatic rings. The predicted octanol–water partition coefficient (Wildman–Crippen LogP) is 2.71. The SMILES string of the molecule is O=C(Nc1cccc(F)c1)N1CC(C(=O)N2CCCC2)C2(CCOCC2)C1. The topological polar surface area (TPSA) is 61.9 Å². The Bertz CT molecular complexity index is 714. The Morgan fingerprint density at radius 3 is 2.59 bits per heavy atom. The molecule has 0 radical (unpaired) electrons. The van der Waals surface area contributed by atoms with Crippen molar-refractivity contribution >= 4 is 17.6 Å². The Balaban J connectivity index is 1.51. The van der Waals surface area contributed by atoms with Crippen LogP contribution in [0.15, 0.2) is 24.3 Å². The second-order valence-corrected chi connectivity index (χ2v) is 7.88. The third-order valence-electron chi connectivity index (χ3n) is 6.22. The highest BCUT2D eigenvalue weighted by Gasteiger charge is 2.52. The number of nitrogens with one attached hydrogen (secondary N) is 1. The van der Waals surface area contributed by atoms with Crippen LogP contribution in [0.25, 0.3) is 0 Å². The number of amides is 3. The molecule has 3 heterocycles. The van der Waals surface area contributed by atoms with Crippen LogP contribution in [0.4, 0.5) is 14.9 Å². The molecule has 0 saturated carbocycles. The van der Waals surface area contributed by atoms with Gasteiger partial charge in [0.1, 0.15) is 5.82 Å². The van der Waals surface area contributed by atoms with Crippen LogP contribution >= 0.6 is 0 Å². The van der Waals surface area contributed by atoms with Gasteiger partial charge in [-0.05, 0) is 43.9 Å². The fraction of sp³-hybridized carbons (Fsp3) is 0.600. The van der Waals surface area contributed by atoms with Gasteiger partial charge in [-0.25, -0.2) is 9.18 Å². The summed E-state index contributed by atoms with van der Waals surface area (Å²) in [4.78, 5) is 29.6. The normalized spacial score (nSPS) is 24.4. The van der Waals surface area contributed by atoms with Gasteiger partial charge in [-0.2, -0.15) is 0 Å². The molecule has 3 fully saturated rings. The minimum atomic E-state index is -0.391. The Labute approximate surface area is 158 Å². The number of ether oxygens (including phenoxy) is 1. The van der Waals surface area contributed by atoms with Gasteiger partial charge in [0.2, 0.25) is 5.91 Å². The molecule has 1 spiro atoms. The van der Waals surface area contributed by atoms with Gasteiger partial charge in [-0.15, -0.1) is 0 Å². The molecule has 1 atom stereocenters. The molecular formula is C20H26FN3O3. The highest BCUT2D eigenvalue weighted by molar-refractivity contribution is 5.90. The lowest BCUT2D eigenvalue weighted by Crippen LogP contribution is -2.45. The van der Waals surface area contributed by atoms with Crippen molar-refractivity contribution in [2.75, 3.05) is 44.7 Å². The van der Waals surface area contributed by atoms with Crippen LogP contribution in [0, 0.1) is 17.2 Å². The van der Waals surface area contributed by atoms with Gasteiger partial charge in [0, 0.05) is 50.5 Å². The lowest BCUT2D eigenvalue weighted by molar-refractivity contribution is -0.139. The lowest BCUT2D eigenvalue weighted by atomic mass is 9.71. The number of carbonyl (C=O) groups is 2. The number of carbonyl (C=O) groups excluding carboxylic acids is 2. The van der Waals surface area contributed by atoms with Crippen LogP contribution < -0.4 is 5.32 Å². The Morgan fingerprint density at radius 1 is 1.15 bits per heavy atom. The third kappa shape index (κ3) is 3.65. The lowest BCUT2D eigenvalue weighted by Gasteiger charge is -2.38. The molecule has 1 unspecified atom stereocenters. The molecule has 0 bridgehead atoms. The van der Waals surface area contributed by atoms with Gasteiger partial charge in [0.05, 0.1) is 5.92 Å². The van der Waals surface area contributed by atoms with Crippen LogP contribution in [-0.4, -0.2) is 61.1 Å². The smallest absolute Gasteiger partial charge is 0.321 e. The van der Waals surface area contributed by atoms with Crippen molar-refractivity contribution in [3.63, 3.8) is 0 Å². The van der Waals surface area contributed by atoms with Crippen molar-refractivity contribution in [2.24, 2.45) is 11.3 Å². The molecule has 3 saturated heterocycles. The molecule has 7 heteroatoms. The predicted molar refractivity (Wildman–Crippen MR) is 98.8 cm³/mol. The second-order valence-electron chi connectivity index (χ2n) is 7.88. The van der Waals surface area contributed by atoms with Crippen LogP contribution in [0.5, 0.6) is 0 Å². The summed E-state index contributed by atoms with van der Waals surface area (Å²) in [7, 11) is 0. The minimum Gasteiger partial charge on any atom is -0.381 e. The monoisotopic (exact) mass is 375 g/mol. The summed E-state index contributed by atoms with van der Waals surface area (Å²) >= 11 is 0. The van der Waals surface area contributed by atoms with Crippen molar-refractivity contribution in [3.8, 4) is 0 Å². The summed E-state index contributed by atoms with van der Waals surface area (Å²) in [5.74, 6) is -0.398. The number of rotatable bonds is 2. The second kappa shape index (κ2) is 7.46. The van der Waals surface area contributed by atoms with Crippen LogP contribution in [0.2, 0.25) is 0 Å². The van der Waals surface area contributed by atoms with E-state index in [0.29, 0.717) is 32.0 Å². The number of hydrogen-bond donors (Lipinski definition) is 1. The van der Waals surface area contributed by atoms with Gasteiger partial charge >= 0.3 is 6.03 Å². The summed E-state index contributed by atoms with van der Waals surface area (Å²) in [6.45, 7) is 3.85. The third-order valence-corrected chi connectivity index (χ3v) is 6.22. The molecule has 0 aliphatic carbocycles. The largest absolute Gasteiger partial charge is 0.381 e. The Kier molecular flexibility index (Phi) is 5.04. The fourth-order valence-corrected chi connectivity index (χ4v) is 4.67. The van der Waals surface area contributed by atoms with Crippen molar-refractivity contribution < 1.29 is 18.7 Å². The van der Waals surface area contributed by atoms with Crippen LogP contribution in [0.1, 0.15) is 25.7 Å². The van der Waals surface area contributed by atoms with Gasteiger partial charge in [0.15, 0.2) is 0 Å². The Hall–Kier alpha value is -2.15. The zero-order valence-corrected chi connectivity index (χ0v) is 15.5. The maximum absolute atomic E-state index is 13.4. The summed E-state index contributed by atoms with van der Waals surface area (Å²) in [5.41, 5.74) is 0.215. The van der Waals surface area contributed by atoms with E-state index in [1.807, 2.05) is 4.90 Å². The van der Waals surface area contributed by atoms with Crippen LogP contribution in [-0.2, 0) is 9.53 Å². The number of benzene rings is 1. The highest BCUT2D eigenvalue weighted by atomic mass is 19.1. The average Bonchev–Trinajstić information content (AvgIpc) is 3.31. The zero-order valence-electron chi connectivity index (χ0n) is 15.5. The highest BCUT2D eigenvalue weighted by Crippen LogP contribution is 2.45. The maximum atomic E-state index is 13.4. The summed E-state index contributed by atoms with van der Waals surface area (Å²) in [6, 6.07) is 5.59. The first kappa shape index (κ1) is 18.2. The van der Waals surface area contributed by atoms with Crippen molar-refractivity contribution in [2.45, 2.75) is 25.7 Å². The number of likely N-dealkylation sites (tertiary alicyclic amines) is 2. The Morgan fingerprint density at radius 2 is 1.89 bits per heavy atom. The standard InChI is InChI=1S/C20H26FN3O3/c21-15-4-3-5-16(12-15)22-19(26)24-13-17(18(25)23-8-1-2-9-23)20(14-24)6-10-27-11-7-20/h3-5,12,17H,1-2,6-11,13-14H2,(H,22,26). The van der Waals surface area contributed by atoms with Crippen LogP contribution in [0.3, 0.4) is 0 Å². The molecular weight excluding hydrogens is 349 g/mol. The number of nitrogens with zero attached hydrogens (tertiary/aromatic N) is 2. The molecule has 6 nitrogen and oxygen atoms in total. The molecule has 1 aromatic carbocycles. The number of urea groups is 1. The van der Waals surface area contributed by atoms with Gasteiger partial charge in [-0.1, -0.05) is 6.07 Å². The summed E-state index contributed by atoms with van der Waals surface area (Å²) in [5, 5.41) is 2.77. The van der Waals surface area contributed by atoms with E-state index in [-0.39, 0.29) is 23.3 Å². The molecule has 0 aromatic heterocycles. The molecule has 4 rings (SSSR count).